The van der Waals surface area contributed by atoms with Crippen molar-refractivity contribution in [3.8, 4) is 0 Å². The molecule has 1 aliphatic carbocycles. The van der Waals surface area contributed by atoms with E-state index in [1.165, 1.54) is 6.92 Å². The first kappa shape index (κ1) is 16.4. The molecule has 21 heavy (non-hydrogen) atoms. The van der Waals surface area contributed by atoms with Crippen LogP contribution in [0.3, 0.4) is 0 Å². The lowest BCUT2D eigenvalue weighted by molar-refractivity contribution is -0.0356. The van der Waals surface area contributed by atoms with E-state index in [4.69, 9.17) is 0 Å². The molecule has 118 valence electrons. The van der Waals surface area contributed by atoms with Crippen molar-refractivity contribution in [1.29, 1.82) is 0 Å². The van der Waals surface area contributed by atoms with Gasteiger partial charge < -0.3 is 5.11 Å². The molecule has 0 radical (unpaired) electrons. The molecule has 3 heteroatoms. The molecule has 1 N–H and O–H groups in total. The van der Waals surface area contributed by atoms with Gasteiger partial charge in [-0.3, -0.25) is 0 Å². The fourth-order valence-corrected chi connectivity index (χ4v) is 3.44. The van der Waals surface area contributed by atoms with Crippen LogP contribution >= 0.6 is 0 Å². The predicted molar refractivity (Wildman–Crippen MR) is 81.0 cm³/mol. The first-order chi connectivity index (χ1) is 9.71. The van der Waals surface area contributed by atoms with Crippen LogP contribution in [0.4, 0.5) is 8.78 Å². The Morgan fingerprint density at radius 1 is 1.19 bits per heavy atom. The maximum atomic E-state index is 14.2. The van der Waals surface area contributed by atoms with Gasteiger partial charge in [0, 0.05) is 5.56 Å². The summed E-state index contributed by atoms with van der Waals surface area (Å²) in [6, 6.07) is 3.09. The highest BCUT2D eigenvalue weighted by Gasteiger charge is 2.41. The summed E-state index contributed by atoms with van der Waals surface area (Å²) in [5.74, 6) is -1.19. The summed E-state index contributed by atoms with van der Waals surface area (Å²) in [5.41, 5.74) is -0.587. The first-order valence-electron chi connectivity index (χ1n) is 7.89. The quantitative estimate of drug-likeness (QED) is 0.824. The minimum atomic E-state index is -1.22. The van der Waals surface area contributed by atoms with Crippen molar-refractivity contribution in [1.82, 2.24) is 0 Å². The van der Waals surface area contributed by atoms with E-state index >= 15 is 0 Å². The maximum absolute atomic E-state index is 14.2. The molecule has 1 nitrogen and oxygen atoms in total. The van der Waals surface area contributed by atoms with E-state index in [2.05, 4.69) is 20.8 Å². The Morgan fingerprint density at radius 3 is 2.29 bits per heavy atom. The van der Waals surface area contributed by atoms with E-state index in [-0.39, 0.29) is 16.5 Å². The SMILES string of the molecule is CCC(C)(C)C1CCC(O)(c2ccc(C)c(F)c2F)CC1. The minimum Gasteiger partial charge on any atom is -0.385 e. The van der Waals surface area contributed by atoms with Crippen molar-refractivity contribution in [3.63, 3.8) is 0 Å². The lowest BCUT2D eigenvalue weighted by Gasteiger charge is -2.42. The van der Waals surface area contributed by atoms with E-state index in [1.54, 1.807) is 12.1 Å². The number of benzene rings is 1. The van der Waals surface area contributed by atoms with Crippen molar-refractivity contribution < 1.29 is 13.9 Å². The highest BCUT2D eigenvalue weighted by molar-refractivity contribution is 5.30. The smallest absolute Gasteiger partial charge is 0.165 e. The van der Waals surface area contributed by atoms with Crippen LogP contribution in [0.25, 0.3) is 0 Å². The topological polar surface area (TPSA) is 20.2 Å². The Morgan fingerprint density at radius 2 is 1.76 bits per heavy atom. The third-order valence-corrected chi connectivity index (χ3v) is 5.61. The summed E-state index contributed by atoms with van der Waals surface area (Å²) in [7, 11) is 0. The van der Waals surface area contributed by atoms with Crippen LogP contribution in [0, 0.1) is 29.9 Å². The molecule has 1 aliphatic rings. The molecular formula is C18H26F2O. The standard InChI is InChI=1S/C18H26F2O/c1-5-17(3,4)13-8-10-18(21,11-9-13)14-7-6-12(2)15(19)16(14)20/h6-7,13,21H,5,8-11H2,1-4H3. The number of hydrogen-bond acceptors (Lipinski definition) is 1. The molecule has 2 rings (SSSR count). The van der Waals surface area contributed by atoms with Crippen molar-refractivity contribution in [2.75, 3.05) is 0 Å². The maximum Gasteiger partial charge on any atom is 0.165 e. The zero-order valence-corrected chi connectivity index (χ0v) is 13.5. The van der Waals surface area contributed by atoms with Crippen molar-refractivity contribution in [3.05, 3.63) is 34.9 Å². The van der Waals surface area contributed by atoms with E-state index in [1.807, 2.05) is 0 Å². The minimum absolute atomic E-state index is 0.123. The number of aliphatic hydroxyl groups is 1. The van der Waals surface area contributed by atoms with Gasteiger partial charge in [-0.05, 0) is 49.5 Å². The second kappa shape index (κ2) is 5.68. The number of halogens is 2. The zero-order chi connectivity index (χ0) is 15.8. The van der Waals surface area contributed by atoms with Gasteiger partial charge in [-0.15, -0.1) is 0 Å². The van der Waals surface area contributed by atoms with Crippen LogP contribution in [0.2, 0.25) is 0 Å². The van der Waals surface area contributed by atoms with Gasteiger partial charge in [0.2, 0.25) is 0 Å². The van der Waals surface area contributed by atoms with Crippen molar-refractivity contribution in [2.45, 2.75) is 65.4 Å². The van der Waals surface area contributed by atoms with Gasteiger partial charge >= 0.3 is 0 Å². The van der Waals surface area contributed by atoms with Crippen molar-refractivity contribution >= 4 is 0 Å². The summed E-state index contributed by atoms with van der Waals surface area (Å²) in [6.45, 7) is 8.20. The van der Waals surface area contributed by atoms with E-state index in [0.717, 1.165) is 19.3 Å². The van der Waals surface area contributed by atoms with Gasteiger partial charge in [0.25, 0.3) is 0 Å². The predicted octanol–water partition coefficient (Wildman–Crippen LogP) is 5.09. The summed E-state index contributed by atoms with van der Waals surface area (Å²) < 4.78 is 27.9. The van der Waals surface area contributed by atoms with E-state index in [9.17, 15) is 13.9 Å². The Balaban J connectivity index is 2.22. The fourth-order valence-electron chi connectivity index (χ4n) is 3.44. The molecule has 0 saturated heterocycles. The fraction of sp³-hybridized carbons (Fsp3) is 0.667. The molecule has 1 fully saturated rings. The van der Waals surface area contributed by atoms with Gasteiger partial charge in [0.05, 0.1) is 5.60 Å². The van der Waals surface area contributed by atoms with Crippen LogP contribution in [0.15, 0.2) is 12.1 Å². The highest BCUT2D eigenvalue weighted by atomic mass is 19.2. The Bertz CT molecular complexity index is 514. The molecule has 0 unspecified atom stereocenters. The van der Waals surface area contributed by atoms with Gasteiger partial charge in [-0.1, -0.05) is 39.3 Å². The van der Waals surface area contributed by atoms with Crippen LogP contribution in [-0.4, -0.2) is 5.11 Å². The molecule has 0 spiro atoms. The Hall–Kier alpha value is -0.960. The molecular weight excluding hydrogens is 270 g/mol. The van der Waals surface area contributed by atoms with Crippen molar-refractivity contribution in [2.24, 2.45) is 11.3 Å². The molecule has 1 aromatic carbocycles. The molecule has 1 aromatic rings. The molecule has 0 aromatic heterocycles. The monoisotopic (exact) mass is 296 g/mol. The first-order valence-corrected chi connectivity index (χ1v) is 7.89. The van der Waals surface area contributed by atoms with Gasteiger partial charge in [-0.2, -0.15) is 0 Å². The highest BCUT2D eigenvalue weighted by Crippen LogP contribution is 2.47. The molecule has 1 saturated carbocycles. The van der Waals surface area contributed by atoms with Gasteiger partial charge in [-0.25, -0.2) is 8.78 Å². The third kappa shape index (κ3) is 2.98. The Kier molecular flexibility index (Phi) is 4.44. The van der Waals surface area contributed by atoms with E-state index in [0.29, 0.717) is 18.8 Å². The zero-order valence-electron chi connectivity index (χ0n) is 13.5. The lowest BCUT2D eigenvalue weighted by Crippen LogP contribution is -2.37. The molecule has 0 heterocycles. The second-order valence-corrected chi connectivity index (χ2v) is 7.21. The summed E-state index contributed by atoms with van der Waals surface area (Å²) in [5, 5.41) is 10.8. The Labute approximate surface area is 126 Å². The van der Waals surface area contributed by atoms with Crippen LogP contribution in [0.5, 0.6) is 0 Å². The molecule has 0 amide bonds. The second-order valence-electron chi connectivity index (χ2n) is 7.21. The van der Waals surface area contributed by atoms with Crippen LogP contribution < -0.4 is 0 Å². The number of aryl methyl sites for hydroxylation is 1. The molecule has 0 aliphatic heterocycles. The average Bonchev–Trinajstić information content (AvgIpc) is 2.45. The van der Waals surface area contributed by atoms with Gasteiger partial charge in [0.15, 0.2) is 11.6 Å². The largest absolute Gasteiger partial charge is 0.385 e. The number of rotatable bonds is 3. The summed E-state index contributed by atoms with van der Waals surface area (Å²) in [6.07, 6.45) is 3.79. The summed E-state index contributed by atoms with van der Waals surface area (Å²) >= 11 is 0. The third-order valence-electron chi connectivity index (χ3n) is 5.61. The number of hydrogen-bond donors (Lipinski definition) is 1. The van der Waals surface area contributed by atoms with Crippen LogP contribution in [0.1, 0.15) is 64.0 Å². The molecule has 0 bridgehead atoms. The lowest BCUT2D eigenvalue weighted by atomic mass is 9.65. The average molecular weight is 296 g/mol. The normalized spacial score (nSPS) is 26.9. The van der Waals surface area contributed by atoms with Crippen LogP contribution in [-0.2, 0) is 5.60 Å². The summed E-state index contributed by atoms with van der Waals surface area (Å²) in [4.78, 5) is 0. The van der Waals surface area contributed by atoms with E-state index < -0.39 is 17.2 Å². The molecule has 0 atom stereocenters. The van der Waals surface area contributed by atoms with Gasteiger partial charge in [0.1, 0.15) is 0 Å².